The Balaban J connectivity index is 3.19. The second kappa shape index (κ2) is 2.50. The molecule has 0 radical (unpaired) electrons. The topological polar surface area (TPSA) is 51.2 Å². The Labute approximate surface area is 77.5 Å². The molecule has 0 aromatic carbocycles. The standard InChI is InChI=1S/C10H14O3/c1-9(2)6(11)5-7(12)10(3,4)8(9)13/h5H2,1-4H3. The van der Waals surface area contributed by atoms with Crippen molar-refractivity contribution in [2.24, 2.45) is 10.8 Å². The lowest BCUT2D eigenvalue weighted by molar-refractivity contribution is -0.155. The van der Waals surface area contributed by atoms with Crippen LogP contribution in [0.5, 0.6) is 0 Å². The van der Waals surface area contributed by atoms with Gasteiger partial charge in [-0.25, -0.2) is 0 Å². The summed E-state index contributed by atoms with van der Waals surface area (Å²) in [5, 5.41) is 0. The largest absolute Gasteiger partial charge is 0.298 e. The Morgan fingerprint density at radius 2 is 1.15 bits per heavy atom. The van der Waals surface area contributed by atoms with Gasteiger partial charge in [-0.2, -0.15) is 0 Å². The first kappa shape index (κ1) is 10.1. The van der Waals surface area contributed by atoms with Gasteiger partial charge in [-0.15, -0.1) is 0 Å². The fourth-order valence-electron chi connectivity index (χ4n) is 1.62. The van der Waals surface area contributed by atoms with Crippen LogP contribution in [0, 0.1) is 10.8 Å². The second-order valence-electron chi connectivity index (χ2n) is 4.60. The fraction of sp³-hybridized carbons (Fsp3) is 0.700. The molecule has 0 heterocycles. The van der Waals surface area contributed by atoms with Crippen LogP contribution in [0.1, 0.15) is 34.1 Å². The zero-order chi connectivity index (χ0) is 10.4. The molecule has 0 aliphatic heterocycles. The molecule has 3 nitrogen and oxygen atoms in total. The average Bonchev–Trinajstić information content (AvgIpc) is 2.00. The van der Waals surface area contributed by atoms with E-state index in [4.69, 9.17) is 0 Å². The maximum atomic E-state index is 11.7. The first-order chi connectivity index (χ1) is 5.70. The van der Waals surface area contributed by atoms with Gasteiger partial charge in [-0.05, 0) is 27.7 Å². The predicted octanol–water partition coefficient (Wildman–Crippen LogP) is 1.15. The number of carbonyl (C=O) groups is 3. The van der Waals surface area contributed by atoms with Crippen molar-refractivity contribution in [1.82, 2.24) is 0 Å². The summed E-state index contributed by atoms with van der Waals surface area (Å²) in [4.78, 5) is 34.5. The number of hydrogen-bond acceptors (Lipinski definition) is 3. The smallest absolute Gasteiger partial charge is 0.158 e. The highest BCUT2D eigenvalue weighted by Crippen LogP contribution is 2.37. The van der Waals surface area contributed by atoms with E-state index in [0.717, 1.165) is 0 Å². The summed E-state index contributed by atoms with van der Waals surface area (Å²) >= 11 is 0. The van der Waals surface area contributed by atoms with Crippen molar-refractivity contribution >= 4 is 17.3 Å². The van der Waals surface area contributed by atoms with E-state index in [1.54, 1.807) is 27.7 Å². The Kier molecular flexibility index (Phi) is 1.94. The summed E-state index contributed by atoms with van der Waals surface area (Å²) < 4.78 is 0. The Hall–Kier alpha value is -0.990. The average molecular weight is 182 g/mol. The zero-order valence-electron chi connectivity index (χ0n) is 8.43. The maximum Gasteiger partial charge on any atom is 0.158 e. The molecule has 1 aliphatic rings. The second-order valence-corrected chi connectivity index (χ2v) is 4.60. The van der Waals surface area contributed by atoms with Crippen LogP contribution >= 0.6 is 0 Å². The molecule has 0 amide bonds. The molecule has 0 aromatic heterocycles. The van der Waals surface area contributed by atoms with Gasteiger partial charge in [0, 0.05) is 0 Å². The summed E-state index contributed by atoms with van der Waals surface area (Å²) in [6.07, 6.45) is -0.105. The molecule has 1 aliphatic carbocycles. The third-order valence-corrected chi connectivity index (χ3v) is 2.85. The van der Waals surface area contributed by atoms with Crippen molar-refractivity contribution in [2.75, 3.05) is 0 Å². The van der Waals surface area contributed by atoms with Crippen LogP contribution in [-0.2, 0) is 14.4 Å². The van der Waals surface area contributed by atoms with E-state index in [2.05, 4.69) is 0 Å². The van der Waals surface area contributed by atoms with E-state index < -0.39 is 10.8 Å². The van der Waals surface area contributed by atoms with Gasteiger partial charge in [-0.1, -0.05) is 0 Å². The highest BCUT2D eigenvalue weighted by atomic mass is 16.2. The molecule has 0 spiro atoms. The van der Waals surface area contributed by atoms with Crippen molar-refractivity contribution in [3.63, 3.8) is 0 Å². The Bertz CT molecular complexity index is 269. The molecular weight excluding hydrogens is 168 g/mol. The molecule has 1 fully saturated rings. The lowest BCUT2D eigenvalue weighted by atomic mass is 9.63. The van der Waals surface area contributed by atoms with Gasteiger partial charge in [0.25, 0.3) is 0 Å². The quantitative estimate of drug-likeness (QED) is 0.528. The van der Waals surface area contributed by atoms with Gasteiger partial charge in [0.1, 0.15) is 0 Å². The molecule has 13 heavy (non-hydrogen) atoms. The fourth-order valence-corrected chi connectivity index (χ4v) is 1.62. The molecule has 72 valence electrons. The van der Waals surface area contributed by atoms with E-state index in [1.807, 2.05) is 0 Å². The van der Waals surface area contributed by atoms with Crippen LogP contribution in [-0.4, -0.2) is 17.3 Å². The minimum atomic E-state index is -0.989. The minimum Gasteiger partial charge on any atom is -0.298 e. The van der Waals surface area contributed by atoms with Gasteiger partial charge >= 0.3 is 0 Å². The molecule has 0 atom stereocenters. The van der Waals surface area contributed by atoms with Crippen molar-refractivity contribution in [3.8, 4) is 0 Å². The lowest BCUT2D eigenvalue weighted by Crippen LogP contribution is -2.52. The normalized spacial score (nSPS) is 26.3. The predicted molar refractivity (Wildman–Crippen MR) is 47.2 cm³/mol. The molecular formula is C10H14O3. The highest BCUT2D eigenvalue weighted by molar-refractivity contribution is 6.26. The monoisotopic (exact) mass is 182 g/mol. The van der Waals surface area contributed by atoms with Crippen molar-refractivity contribution < 1.29 is 14.4 Å². The van der Waals surface area contributed by atoms with Crippen molar-refractivity contribution in [3.05, 3.63) is 0 Å². The molecule has 0 aromatic rings. The van der Waals surface area contributed by atoms with Crippen molar-refractivity contribution in [2.45, 2.75) is 34.1 Å². The summed E-state index contributed by atoms with van der Waals surface area (Å²) in [6.45, 7) is 6.36. The molecule has 0 N–H and O–H groups in total. The zero-order valence-corrected chi connectivity index (χ0v) is 8.43. The molecule has 3 heteroatoms. The highest BCUT2D eigenvalue weighted by Gasteiger charge is 2.52. The summed E-state index contributed by atoms with van der Waals surface area (Å²) in [5.41, 5.74) is -1.98. The number of hydrogen-bond donors (Lipinski definition) is 0. The van der Waals surface area contributed by atoms with Gasteiger partial charge in [0.2, 0.25) is 0 Å². The number of ketones is 3. The summed E-state index contributed by atoms with van der Waals surface area (Å²) in [5.74, 6) is -0.787. The SMILES string of the molecule is CC1(C)C(=O)CC(=O)C(C)(C)C1=O. The van der Waals surface area contributed by atoms with Crippen molar-refractivity contribution in [1.29, 1.82) is 0 Å². The third-order valence-electron chi connectivity index (χ3n) is 2.85. The van der Waals surface area contributed by atoms with Crippen LogP contribution in [0.3, 0.4) is 0 Å². The first-order valence-corrected chi connectivity index (χ1v) is 4.32. The first-order valence-electron chi connectivity index (χ1n) is 4.32. The van der Waals surface area contributed by atoms with Crippen LogP contribution in [0.2, 0.25) is 0 Å². The summed E-state index contributed by atoms with van der Waals surface area (Å²) in [7, 11) is 0. The van der Waals surface area contributed by atoms with Gasteiger partial charge in [0.15, 0.2) is 17.3 Å². The molecule has 0 saturated heterocycles. The summed E-state index contributed by atoms with van der Waals surface area (Å²) in [6, 6.07) is 0. The molecule has 0 unspecified atom stereocenters. The van der Waals surface area contributed by atoms with E-state index in [9.17, 15) is 14.4 Å². The van der Waals surface area contributed by atoms with Crippen LogP contribution in [0.15, 0.2) is 0 Å². The van der Waals surface area contributed by atoms with E-state index in [0.29, 0.717) is 0 Å². The molecule has 1 saturated carbocycles. The van der Waals surface area contributed by atoms with Crippen LogP contribution < -0.4 is 0 Å². The lowest BCUT2D eigenvalue weighted by Gasteiger charge is -2.35. The Morgan fingerprint density at radius 1 is 0.846 bits per heavy atom. The van der Waals surface area contributed by atoms with E-state index in [1.165, 1.54) is 0 Å². The van der Waals surface area contributed by atoms with Gasteiger partial charge in [0.05, 0.1) is 17.3 Å². The maximum absolute atomic E-state index is 11.7. The molecule has 1 rings (SSSR count). The third kappa shape index (κ3) is 1.23. The van der Waals surface area contributed by atoms with E-state index >= 15 is 0 Å². The van der Waals surface area contributed by atoms with E-state index in [-0.39, 0.29) is 23.8 Å². The van der Waals surface area contributed by atoms with Crippen LogP contribution in [0.25, 0.3) is 0 Å². The molecule has 0 bridgehead atoms. The Morgan fingerprint density at radius 3 is 1.46 bits per heavy atom. The van der Waals surface area contributed by atoms with Gasteiger partial charge < -0.3 is 0 Å². The number of Topliss-reactive ketones (excluding diaryl/α,β-unsaturated/α-hetero) is 3. The number of carbonyl (C=O) groups excluding carboxylic acids is 3. The van der Waals surface area contributed by atoms with Crippen LogP contribution in [0.4, 0.5) is 0 Å². The number of rotatable bonds is 0. The van der Waals surface area contributed by atoms with Gasteiger partial charge in [-0.3, -0.25) is 14.4 Å². The minimum absolute atomic E-state index is 0.105.